The summed E-state index contributed by atoms with van der Waals surface area (Å²) < 4.78 is 43.9. The maximum absolute atomic E-state index is 13.7. The second-order valence-corrected chi connectivity index (χ2v) is 15.3. The van der Waals surface area contributed by atoms with Crippen molar-refractivity contribution in [2.45, 2.75) is 46.0 Å². The number of ether oxygens (including phenoxy) is 5. The highest BCUT2D eigenvalue weighted by Gasteiger charge is 2.28. The molecule has 0 N–H and O–H groups in total. The zero-order valence-electron chi connectivity index (χ0n) is 34.2. The molecule has 4 aromatic heterocycles. The summed E-state index contributed by atoms with van der Waals surface area (Å²) in [5.41, 5.74) is 7.27. The number of hydrogen-bond donors (Lipinski definition) is 0. The number of morpholine rings is 1. The molecule has 15 heteroatoms. The number of imidazole rings is 2. The molecular formula is C45H52FN7O7. The lowest BCUT2D eigenvalue weighted by Crippen LogP contribution is -2.36. The predicted octanol–water partition coefficient (Wildman–Crippen LogP) is 7.38. The van der Waals surface area contributed by atoms with E-state index in [0.717, 1.165) is 91.5 Å². The van der Waals surface area contributed by atoms with Crippen molar-refractivity contribution in [3.63, 3.8) is 0 Å². The summed E-state index contributed by atoms with van der Waals surface area (Å²) in [7, 11) is 9.68. The van der Waals surface area contributed by atoms with Crippen LogP contribution in [0.25, 0.3) is 44.8 Å². The van der Waals surface area contributed by atoms with E-state index in [1.165, 1.54) is 33.1 Å². The van der Waals surface area contributed by atoms with E-state index in [-0.39, 0.29) is 7.43 Å². The molecule has 0 amide bonds. The first-order valence-electron chi connectivity index (χ1n) is 19.8. The van der Waals surface area contributed by atoms with Gasteiger partial charge in [-0.15, -0.1) is 0 Å². The van der Waals surface area contributed by atoms with Gasteiger partial charge >= 0.3 is 11.9 Å². The van der Waals surface area contributed by atoms with Crippen LogP contribution in [0.15, 0.2) is 48.5 Å². The Bertz CT molecular complexity index is 2560. The summed E-state index contributed by atoms with van der Waals surface area (Å²) in [6, 6.07) is 14.0. The first-order chi connectivity index (χ1) is 28.6. The van der Waals surface area contributed by atoms with Crippen LogP contribution in [0, 0.1) is 17.8 Å². The molecule has 2 saturated carbocycles. The summed E-state index contributed by atoms with van der Waals surface area (Å²) in [6.07, 6.45) is 6.48. The van der Waals surface area contributed by atoms with Crippen molar-refractivity contribution in [2.24, 2.45) is 25.9 Å². The van der Waals surface area contributed by atoms with Crippen molar-refractivity contribution >= 4 is 39.8 Å². The highest BCUT2D eigenvalue weighted by molar-refractivity contribution is 5.98. The number of aromatic nitrogens is 6. The van der Waals surface area contributed by atoms with Gasteiger partial charge in [0.2, 0.25) is 5.95 Å². The SMILES string of the molecule is C.COC(=O)c1cc(OC)c2c(c1)nc(-c1ccc(F)nc1CC1CC1)n2C.COC(=O)c1cc(OC)c2c(c1)nc(-c1ccc(N3CCOCC3)nc1CC1CC1)n2C. The van der Waals surface area contributed by atoms with Crippen LogP contribution in [0.2, 0.25) is 0 Å². The van der Waals surface area contributed by atoms with Crippen LogP contribution in [-0.4, -0.2) is 95.8 Å². The number of hydrogen-bond acceptors (Lipinski definition) is 12. The largest absolute Gasteiger partial charge is 0.494 e. The van der Waals surface area contributed by atoms with Crippen LogP contribution in [-0.2, 0) is 41.1 Å². The maximum Gasteiger partial charge on any atom is 0.338 e. The van der Waals surface area contributed by atoms with Gasteiger partial charge in [0.1, 0.15) is 40.0 Å². The van der Waals surface area contributed by atoms with E-state index in [2.05, 4.69) is 22.0 Å². The van der Waals surface area contributed by atoms with Crippen molar-refractivity contribution in [1.29, 1.82) is 0 Å². The first kappa shape index (κ1) is 42.0. The van der Waals surface area contributed by atoms with E-state index in [0.29, 0.717) is 57.0 Å². The highest BCUT2D eigenvalue weighted by Crippen LogP contribution is 2.39. The monoisotopic (exact) mass is 821 g/mol. The van der Waals surface area contributed by atoms with E-state index in [9.17, 15) is 14.0 Å². The summed E-state index contributed by atoms with van der Waals surface area (Å²) in [5, 5.41) is 0. The minimum absolute atomic E-state index is 0. The van der Waals surface area contributed by atoms with Gasteiger partial charge < -0.3 is 37.7 Å². The van der Waals surface area contributed by atoms with Crippen LogP contribution < -0.4 is 14.4 Å². The number of nitrogens with zero attached hydrogens (tertiary/aromatic N) is 7. The minimum Gasteiger partial charge on any atom is -0.494 e. The average molecular weight is 822 g/mol. The van der Waals surface area contributed by atoms with Gasteiger partial charge in [-0.05, 0) is 98.9 Å². The van der Waals surface area contributed by atoms with Gasteiger partial charge in [-0.2, -0.15) is 4.39 Å². The molecule has 14 nitrogen and oxygen atoms in total. The average Bonchev–Trinajstić information content (AvgIpc) is 4.20. The van der Waals surface area contributed by atoms with Crippen LogP contribution in [0.5, 0.6) is 11.5 Å². The fourth-order valence-electron chi connectivity index (χ4n) is 7.73. The third-order valence-electron chi connectivity index (χ3n) is 11.2. The molecule has 0 unspecified atom stereocenters. The number of halogens is 1. The van der Waals surface area contributed by atoms with Crippen molar-refractivity contribution in [3.8, 4) is 34.3 Å². The van der Waals surface area contributed by atoms with Gasteiger partial charge in [0.25, 0.3) is 0 Å². The van der Waals surface area contributed by atoms with Gasteiger partial charge in [-0.3, -0.25) is 0 Å². The second-order valence-electron chi connectivity index (χ2n) is 15.3. The van der Waals surface area contributed by atoms with Crippen molar-refractivity contribution in [2.75, 3.05) is 59.6 Å². The Hall–Kier alpha value is -6.09. The van der Waals surface area contributed by atoms with Crippen molar-refractivity contribution in [3.05, 3.63) is 77.0 Å². The zero-order chi connectivity index (χ0) is 41.4. The summed E-state index contributed by atoms with van der Waals surface area (Å²) >= 11 is 0. The number of carbonyl (C=O) groups is 2. The van der Waals surface area contributed by atoms with Crippen molar-refractivity contribution in [1.82, 2.24) is 29.1 Å². The topological polar surface area (TPSA) is 145 Å². The molecule has 3 aliphatic rings. The number of pyridine rings is 2. The Morgan fingerprint density at radius 2 is 1.15 bits per heavy atom. The molecule has 0 bridgehead atoms. The van der Waals surface area contributed by atoms with Crippen LogP contribution in [0.3, 0.4) is 0 Å². The molecule has 1 saturated heterocycles. The van der Waals surface area contributed by atoms with Gasteiger partial charge in [0, 0.05) is 38.3 Å². The van der Waals surface area contributed by atoms with Crippen LogP contribution in [0.1, 0.15) is 65.2 Å². The maximum atomic E-state index is 13.7. The van der Waals surface area contributed by atoms with Crippen LogP contribution >= 0.6 is 0 Å². The zero-order valence-corrected chi connectivity index (χ0v) is 34.2. The Kier molecular flexibility index (Phi) is 12.4. The predicted molar refractivity (Wildman–Crippen MR) is 226 cm³/mol. The third-order valence-corrected chi connectivity index (χ3v) is 11.2. The molecule has 2 aliphatic carbocycles. The molecule has 3 fully saturated rings. The molecule has 60 heavy (non-hydrogen) atoms. The van der Waals surface area contributed by atoms with E-state index in [4.69, 9.17) is 38.6 Å². The number of aryl methyl sites for hydroxylation is 2. The number of anilines is 1. The molecule has 2 aromatic carbocycles. The second kappa shape index (κ2) is 17.6. The number of esters is 2. The van der Waals surface area contributed by atoms with Gasteiger partial charge in [-0.25, -0.2) is 29.5 Å². The third kappa shape index (κ3) is 8.49. The van der Waals surface area contributed by atoms with E-state index in [1.807, 2.05) is 23.2 Å². The number of fused-ring (bicyclic) bond motifs is 2. The lowest BCUT2D eigenvalue weighted by Gasteiger charge is -2.28. The summed E-state index contributed by atoms with van der Waals surface area (Å²) in [5.74, 6) is 3.48. The summed E-state index contributed by atoms with van der Waals surface area (Å²) in [4.78, 5) is 45.1. The van der Waals surface area contributed by atoms with E-state index in [1.54, 1.807) is 44.6 Å². The molecule has 9 rings (SSSR count). The number of benzene rings is 2. The number of carbonyl (C=O) groups excluding carboxylic acids is 2. The molecule has 1 aliphatic heterocycles. The fraction of sp³-hybridized carbons (Fsp3) is 0.422. The lowest BCUT2D eigenvalue weighted by molar-refractivity contribution is 0.0591. The molecular weight excluding hydrogens is 770 g/mol. The smallest absolute Gasteiger partial charge is 0.338 e. The standard InChI is InChI=1S/C24H28N4O4.C20H20FN3O3.CH4/c1-27-22-19(13-16(24(29)31-3)14-20(22)30-2)26-23(27)17-6-7-21(28-8-10-32-11-9-28)25-18(17)12-15-4-5-15;1-24-18-15(9-12(20(25)27-3)10-16(18)26-2)23-19(24)13-6-7-17(21)22-14(13)8-11-4-5-11;/h6-7,13-15H,4-5,8-12H2,1-3H3;6-7,9-11H,4-5,8H2,1-3H3;1H4. The van der Waals surface area contributed by atoms with Gasteiger partial charge in [0.15, 0.2) is 0 Å². The summed E-state index contributed by atoms with van der Waals surface area (Å²) in [6.45, 7) is 3.17. The number of rotatable bonds is 11. The Morgan fingerprint density at radius 3 is 1.60 bits per heavy atom. The van der Waals surface area contributed by atoms with E-state index < -0.39 is 17.9 Å². The Labute approximate surface area is 348 Å². The normalized spacial score (nSPS) is 14.9. The molecule has 316 valence electrons. The quantitative estimate of drug-likeness (QED) is 0.0950. The van der Waals surface area contributed by atoms with Gasteiger partial charge in [-0.1, -0.05) is 7.43 Å². The van der Waals surface area contributed by atoms with Crippen LogP contribution in [0.4, 0.5) is 10.2 Å². The highest BCUT2D eigenvalue weighted by atomic mass is 19.1. The molecule has 0 spiro atoms. The van der Waals surface area contributed by atoms with E-state index >= 15 is 0 Å². The minimum atomic E-state index is -0.487. The molecule has 6 aromatic rings. The van der Waals surface area contributed by atoms with Crippen molar-refractivity contribution < 1.29 is 37.7 Å². The first-order valence-corrected chi connectivity index (χ1v) is 19.8. The Balaban J connectivity index is 0.000000181. The molecule has 0 radical (unpaired) electrons. The molecule has 5 heterocycles. The lowest BCUT2D eigenvalue weighted by atomic mass is 10.1. The fourth-order valence-corrected chi connectivity index (χ4v) is 7.73. The van der Waals surface area contributed by atoms with Gasteiger partial charge in [0.05, 0.1) is 75.2 Å². The molecule has 0 atom stereocenters. The Morgan fingerprint density at radius 1 is 0.683 bits per heavy atom. The number of methoxy groups -OCH3 is 4.